The van der Waals surface area contributed by atoms with Gasteiger partial charge in [-0.1, -0.05) is 64.7 Å². The molecule has 0 heterocycles. The van der Waals surface area contributed by atoms with E-state index in [0.717, 1.165) is 19.4 Å². The molecule has 19 heavy (non-hydrogen) atoms. The molecule has 0 spiro atoms. The predicted octanol–water partition coefficient (Wildman–Crippen LogP) is 5.08. The lowest BCUT2D eigenvalue weighted by atomic mass is 10.1. The number of hydrogen-bond donors (Lipinski definition) is 1. The lowest BCUT2D eigenvalue weighted by Gasteiger charge is -2.24. The minimum absolute atomic E-state index is 0.159. The summed E-state index contributed by atoms with van der Waals surface area (Å²) in [5.41, 5.74) is -0.159. The molecule has 0 atom stereocenters. The summed E-state index contributed by atoms with van der Waals surface area (Å²) in [6.07, 6.45) is 14.3. The third kappa shape index (κ3) is 14.1. The van der Waals surface area contributed by atoms with Crippen molar-refractivity contribution in [1.29, 1.82) is 0 Å². The maximum atomic E-state index is 8.90. The van der Waals surface area contributed by atoms with Crippen LogP contribution in [0.15, 0.2) is 0 Å². The number of rotatable bonds is 14. The third-order valence-electron chi connectivity index (χ3n) is 3.70. The fourth-order valence-electron chi connectivity index (χ4n) is 2.28. The van der Waals surface area contributed by atoms with Gasteiger partial charge in [-0.25, -0.2) is 0 Å². The van der Waals surface area contributed by atoms with Gasteiger partial charge in [0.25, 0.3) is 0 Å². The van der Waals surface area contributed by atoms with E-state index in [0.29, 0.717) is 0 Å². The molecule has 0 aliphatic heterocycles. The molecule has 0 radical (unpaired) electrons. The van der Waals surface area contributed by atoms with E-state index in [1.165, 1.54) is 57.8 Å². The Kier molecular flexibility index (Phi) is 12.9. The lowest BCUT2D eigenvalue weighted by molar-refractivity contribution is -0.0340. The van der Waals surface area contributed by atoms with Gasteiger partial charge in [-0.15, -0.1) is 0 Å². The summed E-state index contributed by atoms with van der Waals surface area (Å²) in [6.45, 7) is 7.43. The maximum Gasteiger partial charge on any atom is 0.0648 e. The largest absolute Gasteiger partial charge is 0.396 e. The Morgan fingerprint density at radius 2 is 1.26 bits per heavy atom. The van der Waals surface area contributed by atoms with Crippen molar-refractivity contribution in [1.82, 2.24) is 0 Å². The summed E-state index contributed by atoms with van der Waals surface area (Å²) in [4.78, 5) is 0. The fourth-order valence-corrected chi connectivity index (χ4v) is 2.28. The van der Waals surface area contributed by atoms with Crippen molar-refractivity contribution in [3.63, 3.8) is 0 Å². The molecule has 2 nitrogen and oxygen atoms in total. The van der Waals surface area contributed by atoms with Crippen molar-refractivity contribution in [3.05, 3.63) is 0 Å². The highest BCUT2D eigenvalue weighted by Gasteiger charge is 2.16. The molecule has 0 rings (SSSR count). The molecule has 116 valence electrons. The molecule has 0 saturated heterocycles. The molecule has 2 heteroatoms. The van der Waals surface area contributed by atoms with Crippen LogP contribution in [0.5, 0.6) is 0 Å². The van der Waals surface area contributed by atoms with Crippen molar-refractivity contribution < 1.29 is 9.84 Å². The first-order valence-electron chi connectivity index (χ1n) is 8.37. The fraction of sp³-hybridized carbons (Fsp3) is 1.00. The SMILES string of the molecule is CCCCCCCCCCCCOC(C)(C)CCO. The average Bonchev–Trinajstić information content (AvgIpc) is 2.36. The van der Waals surface area contributed by atoms with Gasteiger partial charge in [0.2, 0.25) is 0 Å². The number of aliphatic hydroxyl groups is 1. The number of aliphatic hydroxyl groups excluding tert-OH is 1. The van der Waals surface area contributed by atoms with E-state index in [2.05, 4.69) is 20.8 Å². The Morgan fingerprint density at radius 1 is 0.789 bits per heavy atom. The monoisotopic (exact) mass is 272 g/mol. The highest BCUT2D eigenvalue weighted by atomic mass is 16.5. The van der Waals surface area contributed by atoms with Crippen LogP contribution >= 0.6 is 0 Å². The van der Waals surface area contributed by atoms with E-state index in [1.54, 1.807) is 0 Å². The summed E-state index contributed by atoms with van der Waals surface area (Å²) in [5, 5.41) is 8.90. The van der Waals surface area contributed by atoms with Crippen LogP contribution in [0.25, 0.3) is 0 Å². The lowest BCUT2D eigenvalue weighted by Crippen LogP contribution is -2.26. The van der Waals surface area contributed by atoms with Gasteiger partial charge in [0.15, 0.2) is 0 Å². The zero-order chi connectivity index (χ0) is 14.4. The van der Waals surface area contributed by atoms with Crippen LogP contribution in [-0.4, -0.2) is 23.9 Å². The smallest absolute Gasteiger partial charge is 0.0648 e. The quantitative estimate of drug-likeness (QED) is 0.447. The van der Waals surface area contributed by atoms with Crippen molar-refractivity contribution in [2.24, 2.45) is 0 Å². The average molecular weight is 272 g/mol. The Morgan fingerprint density at radius 3 is 1.74 bits per heavy atom. The number of ether oxygens (including phenoxy) is 1. The van der Waals surface area contributed by atoms with Crippen LogP contribution in [0.1, 0.15) is 91.4 Å². The van der Waals surface area contributed by atoms with Crippen LogP contribution in [0.4, 0.5) is 0 Å². The van der Waals surface area contributed by atoms with E-state index in [9.17, 15) is 0 Å². The first-order valence-corrected chi connectivity index (χ1v) is 8.37. The molecule has 0 amide bonds. The molecular formula is C17H36O2. The van der Waals surface area contributed by atoms with Crippen LogP contribution in [0, 0.1) is 0 Å². The first kappa shape index (κ1) is 18.9. The van der Waals surface area contributed by atoms with Gasteiger partial charge in [0.1, 0.15) is 0 Å². The van der Waals surface area contributed by atoms with Crippen LogP contribution in [0.3, 0.4) is 0 Å². The minimum Gasteiger partial charge on any atom is -0.396 e. The number of unbranched alkanes of at least 4 members (excludes halogenated alkanes) is 9. The minimum atomic E-state index is -0.159. The van der Waals surface area contributed by atoms with E-state index >= 15 is 0 Å². The van der Waals surface area contributed by atoms with E-state index in [1.807, 2.05) is 0 Å². The molecular weight excluding hydrogens is 236 g/mol. The van der Waals surface area contributed by atoms with Gasteiger partial charge in [-0.05, 0) is 26.7 Å². The van der Waals surface area contributed by atoms with Crippen molar-refractivity contribution in [2.75, 3.05) is 13.2 Å². The third-order valence-corrected chi connectivity index (χ3v) is 3.70. The van der Waals surface area contributed by atoms with Gasteiger partial charge >= 0.3 is 0 Å². The molecule has 0 saturated carbocycles. The Hall–Kier alpha value is -0.0800. The highest BCUT2D eigenvalue weighted by Crippen LogP contribution is 2.15. The summed E-state index contributed by atoms with van der Waals surface area (Å²) >= 11 is 0. The Balaban J connectivity index is 3.14. The van der Waals surface area contributed by atoms with Crippen LogP contribution in [0.2, 0.25) is 0 Å². The summed E-state index contributed by atoms with van der Waals surface area (Å²) in [7, 11) is 0. The van der Waals surface area contributed by atoms with Gasteiger partial charge in [-0.2, -0.15) is 0 Å². The summed E-state index contributed by atoms with van der Waals surface area (Å²) in [5.74, 6) is 0. The molecule has 0 aromatic carbocycles. The predicted molar refractivity (Wildman–Crippen MR) is 83.6 cm³/mol. The van der Waals surface area contributed by atoms with Crippen molar-refractivity contribution >= 4 is 0 Å². The standard InChI is InChI=1S/C17H36O2/c1-4-5-6-7-8-9-10-11-12-13-16-19-17(2,3)14-15-18/h18H,4-16H2,1-3H3. The molecule has 0 bridgehead atoms. The molecule has 1 N–H and O–H groups in total. The topological polar surface area (TPSA) is 29.5 Å². The van der Waals surface area contributed by atoms with Crippen molar-refractivity contribution in [2.45, 2.75) is 97.0 Å². The van der Waals surface area contributed by atoms with Crippen LogP contribution < -0.4 is 0 Å². The van der Waals surface area contributed by atoms with Gasteiger partial charge in [0.05, 0.1) is 5.60 Å². The Bertz CT molecular complexity index is 178. The zero-order valence-electron chi connectivity index (χ0n) is 13.5. The summed E-state index contributed by atoms with van der Waals surface area (Å²) in [6, 6.07) is 0. The normalized spacial score (nSPS) is 12.0. The van der Waals surface area contributed by atoms with E-state index in [4.69, 9.17) is 9.84 Å². The van der Waals surface area contributed by atoms with Crippen LogP contribution in [-0.2, 0) is 4.74 Å². The van der Waals surface area contributed by atoms with Gasteiger partial charge in [-0.3, -0.25) is 0 Å². The molecule has 0 fully saturated rings. The maximum absolute atomic E-state index is 8.90. The molecule has 0 aliphatic rings. The van der Waals surface area contributed by atoms with Gasteiger partial charge in [0, 0.05) is 13.2 Å². The Labute approximate surface area is 120 Å². The van der Waals surface area contributed by atoms with E-state index < -0.39 is 0 Å². The second kappa shape index (κ2) is 12.9. The second-order valence-corrected chi connectivity index (χ2v) is 6.26. The van der Waals surface area contributed by atoms with Gasteiger partial charge < -0.3 is 9.84 Å². The molecule has 0 aromatic rings. The number of hydrogen-bond acceptors (Lipinski definition) is 2. The van der Waals surface area contributed by atoms with E-state index in [-0.39, 0.29) is 12.2 Å². The summed E-state index contributed by atoms with van der Waals surface area (Å²) < 4.78 is 5.78. The molecule has 0 aromatic heterocycles. The first-order chi connectivity index (χ1) is 9.12. The molecule has 0 unspecified atom stereocenters. The molecule has 0 aliphatic carbocycles. The van der Waals surface area contributed by atoms with Crippen molar-refractivity contribution in [3.8, 4) is 0 Å². The highest BCUT2D eigenvalue weighted by molar-refractivity contribution is 4.67. The second-order valence-electron chi connectivity index (χ2n) is 6.26. The zero-order valence-corrected chi connectivity index (χ0v) is 13.5.